The van der Waals surface area contributed by atoms with Gasteiger partial charge in [-0.25, -0.2) is 4.98 Å². The van der Waals surface area contributed by atoms with Crippen molar-refractivity contribution in [1.82, 2.24) is 9.55 Å². The van der Waals surface area contributed by atoms with Crippen molar-refractivity contribution in [1.29, 1.82) is 0 Å². The summed E-state index contributed by atoms with van der Waals surface area (Å²) in [6.45, 7) is 2.21. The third kappa shape index (κ3) is 2.36. The molecule has 0 fully saturated rings. The fourth-order valence-corrected chi connectivity index (χ4v) is 3.69. The van der Waals surface area contributed by atoms with Gasteiger partial charge in [-0.1, -0.05) is 24.6 Å². The molecular weight excluding hydrogens is 308 g/mol. The van der Waals surface area contributed by atoms with Crippen LogP contribution in [0.5, 0.6) is 0 Å². The largest absolute Gasteiger partial charge is 0.298 e. The Morgan fingerprint density at radius 3 is 2.96 bits per heavy atom. The standard InChI is InChI=1S/C19H17ClN2O/c1-12-7-8-17-16(10-12)18(23)15-6-3-9-21-19(15)22(17)14-5-2-4-13(20)11-14/h2-6,9,11-12H,7-8,10H2,1H3. The molecule has 2 aromatic heterocycles. The van der Waals surface area contributed by atoms with Crippen LogP contribution in [0.1, 0.15) is 24.6 Å². The predicted octanol–water partition coefficient (Wildman–Crippen LogP) is 4.16. The van der Waals surface area contributed by atoms with E-state index >= 15 is 0 Å². The van der Waals surface area contributed by atoms with Crippen molar-refractivity contribution in [3.8, 4) is 5.69 Å². The van der Waals surface area contributed by atoms with Crippen LogP contribution in [0.4, 0.5) is 0 Å². The van der Waals surface area contributed by atoms with E-state index in [1.165, 1.54) is 0 Å². The van der Waals surface area contributed by atoms with Crippen molar-refractivity contribution in [2.75, 3.05) is 0 Å². The van der Waals surface area contributed by atoms with E-state index in [2.05, 4.69) is 16.5 Å². The Morgan fingerprint density at radius 2 is 2.13 bits per heavy atom. The highest BCUT2D eigenvalue weighted by Gasteiger charge is 2.24. The zero-order valence-corrected chi connectivity index (χ0v) is 13.7. The van der Waals surface area contributed by atoms with Gasteiger partial charge in [-0.3, -0.25) is 9.36 Å². The fourth-order valence-electron chi connectivity index (χ4n) is 3.51. The number of fused-ring (bicyclic) bond motifs is 2. The number of rotatable bonds is 1. The van der Waals surface area contributed by atoms with Gasteiger partial charge < -0.3 is 0 Å². The van der Waals surface area contributed by atoms with E-state index in [4.69, 9.17) is 11.6 Å². The maximum Gasteiger partial charge on any atom is 0.194 e. The van der Waals surface area contributed by atoms with Crippen molar-refractivity contribution in [3.63, 3.8) is 0 Å². The second-order valence-corrected chi connectivity index (χ2v) is 6.73. The van der Waals surface area contributed by atoms with E-state index in [1.54, 1.807) is 6.20 Å². The Hall–Kier alpha value is -2.13. The first-order valence-corrected chi connectivity index (χ1v) is 8.30. The minimum absolute atomic E-state index is 0.132. The lowest BCUT2D eigenvalue weighted by atomic mass is 9.86. The molecule has 0 aliphatic heterocycles. The van der Waals surface area contributed by atoms with Crippen LogP contribution < -0.4 is 5.43 Å². The van der Waals surface area contributed by atoms with Crippen molar-refractivity contribution < 1.29 is 0 Å². The Balaban J connectivity index is 2.14. The van der Waals surface area contributed by atoms with E-state index in [9.17, 15) is 4.79 Å². The zero-order valence-electron chi connectivity index (χ0n) is 12.9. The number of hydrogen-bond acceptors (Lipinski definition) is 2. The summed E-state index contributed by atoms with van der Waals surface area (Å²) in [4.78, 5) is 17.4. The van der Waals surface area contributed by atoms with E-state index in [0.717, 1.165) is 36.2 Å². The van der Waals surface area contributed by atoms with Crippen molar-refractivity contribution in [2.24, 2.45) is 5.92 Å². The van der Waals surface area contributed by atoms with Crippen LogP contribution in [-0.2, 0) is 12.8 Å². The Morgan fingerprint density at radius 1 is 1.26 bits per heavy atom. The minimum Gasteiger partial charge on any atom is -0.298 e. The third-order valence-electron chi connectivity index (χ3n) is 4.63. The molecular formula is C19H17ClN2O. The predicted molar refractivity (Wildman–Crippen MR) is 93.5 cm³/mol. The second-order valence-electron chi connectivity index (χ2n) is 6.29. The lowest BCUT2D eigenvalue weighted by Gasteiger charge is -2.26. The molecule has 1 unspecified atom stereocenters. The van der Waals surface area contributed by atoms with Gasteiger partial charge in [0.25, 0.3) is 0 Å². The molecule has 0 N–H and O–H groups in total. The van der Waals surface area contributed by atoms with Gasteiger partial charge in [-0.05, 0) is 55.5 Å². The topological polar surface area (TPSA) is 34.9 Å². The smallest absolute Gasteiger partial charge is 0.194 e. The third-order valence-corrected chi connectivity index (χ3v) is 4.86. The molecule has 23 heavy (non-hydrogen) atoms. The van der Waals surface area contributed by atoms with Crippen LogP contribution in [0, 0.1) is 5.92 Å². The molecule has 1 aliphatic rings. The summed E-state index contributed by atoms with van der Waals surface area (Å²) in [5.74, 6) is 0.539. The van der Waals surface area contributed by atoms with E-state index in [-0.39, 0.29) is 5.43 Å². The highest BCUT2D eigenvalue weighted by molar-refractivity contribution is 6.30. The average Bonchev–Trinajstić information content (AvgIpc) is 2.56. The van der Waals surface area contributed by atoms with Gasteiger partial charge in [-0.15, -0.1) is 0 Å². The molecule has 4 heteroatoms. The van der Waals surface area contributed by atoms with Crippen molar-refractivity contribution >= 4 is 22.6 Å². The average molecular weight is 325 g/mol. The number of benzene rings is 1. The molecule has 2 heterocycles. The van der Waals surface area contributed by atoms with Crippen LogP contribution in [0.15, 0.2) is 47.4 Å². The number of pyridine rings is 2. The van der Waals surface area contributed by atoms with Gasteiger partial charge >= 0.3 is 0 Å². The number of nitrogens with zero attached hydrogens (tertiary/aromatic N) is 2. The molecule has 0 saturated carbocycles. The van der Waals surface area contributed by atoms with Gasteiger partial charge in [0.2, 0.25) is 0 Å². The summed E-state index contributed by atoms with van der Waals surface area (Å²) in [6, 6.07) is 11.4. The molecule has 0 radical (unpaired) electrons. The molecule has 0 spiro atoms. The number of halogens is 1. The van der Waals surface area contributed by atoms with Gasteiger partial charge in [0.1, 0.15) is 5.65 Å². The van der Waals surface area contributed by atoms with Crippen LogP contribution in [0.3, 0.4) is 0 Å². The molecule has 3 nitrogen and oxygen atoms in total. The van der Waals surface area contributed by atoms with Gasteiger partial charge in [0.15, 0.2) is 5.43 Å². The maximum absolute atomic E-state index is 12.9. The van der Waals surface area contributed by atoms with E-state index in [1.807, 2.05) is 36.4 Å². The summed E-state index contributed by atoms with van der Waals surface area (Å²) in [7, 11) is 0. The Bertz CT molecular complexity index is 961. The monoisotopic (exact) mass is 324 g/mol. The van der Waals surface area contributed by atoms with Gasteiger partial charge in [0, 0.05) is 28.2 Å². The van der Waals surface area contributed by atoms with E-state index < -0.39 is 0 Å². The first kappa shape index (κ1) is 14.5. The summed E-state index contributed by atoms with van der Waals surface area (Å²) >= 11 is 6.19. The molecule has 1 aliphatic carbocycles. The number of hydrogen-bond donors (Lipinski definition) is 0. The quantitative estimate of drug-likeness (QED) is 0.673. The summed E-state index contributed by atoms with van der Waals surface area (Å²) in [6.07, 6.45) is 4.55. The molecule has 0 amide bonds. The van der Waals surface area contributed by atoms with Gasteiger partial charge in [0.05, 0.1) is 5.39 Å². The minimum atomic E-state index is 0.132. The summed E-state index contributed by atoms with van der Waals surface area (Å²) < 4.78 is 2.11. The molecule has 1 atom stereocenters. The van der Waals surface area contributed by atoms with Gasteiger partial charge in [-0.2, -0.15) is 0 Å². The van der Waals surface area contributed by atoms with Crippen molar-refractivity contribution in [3.05, 3.63) is 69.1 Å². The number of aromatic nitrogens is 2. The van der Waals surface area contributed by atoms with Crippen molar-refractivity contribution in [2.45, 2.75) is 26.2 Å². The summed E-state index contributed by atoms with van der Waals surface area (Å²) in [5, 5.41) is 1.36. The molecule has 4 rings (SSSR count). The second kappa shape index (κ2) is 5.50. The molecule has 116 valence electrons. The molecule has 0 bridgehead atoms. The van der Waals surface area contributed by atoms with Crippen LogP contribution in [0.2, 0.25) is 5.02 Å². The Kier molecular flexibility index (Phi) is 3.46. The first-order chi connectivity index (χ1) is 11.1. The summed E-state index contributed by atoms with van der Waals surface area (Å²) in [5.41, 5.74) is 3.83. The lowest BCUT2D eigenvalue weighted by Crippen LogP contribution is -2.26. The first-order valence-electron chi connectivity index (χ1n) is 7.92. The molecule has 0 saturated heterocycles. The highest BCUT2D eigenvalue weighted by Crippen LogP contribution is 2.29. The van der Waals surface area contributed by atoms with E-state index in [0.29, 0.717) is 22.0 Å². The maximum atomic E-state index is 12.9. The Labute approximate surface area is 139 Å². The molecule has 1 aromatic carbocycles. The normalized spacial score (nSPS) is 17.2. The zero-order chi connectivity index (χ0) is 16.0. The lowest BCUT2D eigenvalue weighted by molar-refractivity contribution is 0.488. The SMILES string of the molecule is CC1CCc2c(c(=O)c3cccnc3n2-c2cccc(Cl)c2)C1. The fraction of sp³-hybridized carbons (Fsp3) is 0.263. The molecule has 3 aromatic rings. The highest BCUT2D eigenvalue weighted by atomic mass is 35.5. The van der Waals surface area contributed by atoms with Crippen LogP contribution >= 0.6 is 11.6 Å². The van der Waals surface area contributed by atoms with Crippen LogP contribution in [-0.4, -0.2) is 9.55 Å². The van der Waals surface area contributed by atoms with Crippen LogP contribution in [0.25, 0.3) is 16.7 Å².